The molecule has 4 aromatic rings. The molecule has 1 saturated heterocycles. The highest BCUT2D eigenvalue weighted by Crippen LogP contribution is 2.34. The molecule has 0 saturated carbocycles. The summed E-state index contributed by atoms with van der Waals surface area (Å²) in [4.78, 5) is 39.0. The summed E-state index contributed by atoms with van der Waals surface area (Å²) in [6, 6.07) is 6.32. The zero-order valence-electron chi connectivity index (χ0n) is 20.1. The second-order valence-corrected chi connectivity index (χ2v) is 8.50. The largest absolute Gasteiger partial charge is 0.481 e. The average Bonchev–Trinajstić information content (AvgIpc) is 3.49. The number of carboxylic acid groups (broad SMARTS) is 2. The third kappa shape index (κ3) is 4.78. The number of aryl methyl sites for hydroxylation is 1. The fraction of sp³-hybridized carbons (Fsp3) is 0.320. The fourth-order valence-corrected chi connectivity index (χ4v) is 4.49. The molecule has 1 unspecified atom stereocenters. The summed E-state index contributed by atoms with van der Waals surface area (Å²) in [6.07, 6.45) is 3.56. The quantitative estimate of drug-likeness (QED) is 0.355. The number of H-pyrrole nitrogens is 1. The van der Waals surface area contributed by atoms with Crippen LogP contribution >= 0.6 is 0 Å². The molecule has 0 aliphatic carbocycles. The Balaban J connectivity index is 0.000000384. The van der Waals surface area contributed by atoms with Gasteiger partial charge in [-0.1, -0.05) is 12.1 Å². The molecule has 0 spiro atoms. The summed E-state index contributed by atoms with van der Waals surface area (Å²) in [7, 11) is 1.62. The van der Waals surface area contributed by atoms with Crippen molar-refractivity contribution < 1.29 is 29.3 Å². The maximum absolute atomic E-state index is 12.7. The van der Waals surface area contributed by atoms with Gasteiger partial charge in [-0.25, -0.2) is 4.98 Å². The number of aromatic nitrogens is 4. The van der Waals surface area contributed by atoms with E-state index in [1.807, 2.05) is 30.8 Å². The molecule has 5 rings (SSSR count). The molecule has 4 heterocycles. The van der Waals surface area contributed by atoms with E-state index in [1.165, 1.54) is 0 Å². The smallest absolute Gasteiger partial charge is 0.314 e. The zero-order chi connectivity index (χ0) is 26.0. The predicted octanol–water partition coefficient (Wildman–Crippen LogP) is 3.07. The van der Waals surface area contributed by atoms with Crippen LogP contribution in [-0.2, 0) is 14.3 Å². The van der Waals surface area contributed by atoms with Gasteiger partial charge in [-0.15, -0.1) is 0 Å². The number of hydrogen-bond donors (Lipinski definition) is 3. The Bertz CT molecular complexity index is 1500. The van der Waals surface area contributed by atoms with Gasteiger partial charge in [0.05, 0.1) is 42.4 Å². The zero-order valence-corrected chi connectivity index (χ0v) is 20.1. The van der Waals surface area contributed by atoms with Crippen molar-refractivity contribution in [3.63, 3.8) is 0 Å². The molecular weight excluding hydrogens is 468 g/mol. The number of carbonyl (C=O) groups is 2. The summed E-state index contributed by atoms with van der Waals surface area (Å²) in [5, 5.41) is 21.5. The lowest BCUT2D eigenvalue weighted by Crippen LogP contribution is -2.12. The number of benzene rings is 1. The molecule has 3 N–H and O–H groups in total. The highest BCUT2D eigenvalue weighted by molar-refractivity contribution is 6.04. The number of fused-ring (bicyclic) bond motifs is 3. The second-order valence-electron chi connectivity index (χ2n) is 8.50. The molecule has 0 amide bonds. The van der Waals surface area contributed by atoms with Crippen molar-refractivity contribution in [1.82, 2.24) is 19.7 Å². The lowest BCUT2D eigenvalue weighted by Gasteiger charge is -2.14. The van der Waals surface area contributed by atoms with Crippen LogP contribution in [0.2, 0.25) is 0 Å². The van der Waals surface area contributed by atoms with Gasteiger partial charge in [0, 0.05) is 23.8 Å². The Morgan fingerprint density at radius 2 is 1.94 bits per heavy atom. The van der Waals surface area contributed by atoms with Crippen molar-refractivity contribution in [2.24, 2.45) is 0 Å². The fourth-order valence-electron chi connectivity index (χ4n) is 4.49. The Morgan fingerprint density at radius 3 is 2.56 bits per heavy atom. The average molecular weight is 495 g/mol. The van der Waals surface area contributed by atoms with E-state index in [0.717, 1.165) is 51.7 Å². The van der Waals surface area contributed by atoms with E-state index in [2.05, 4.69) is 27.2 Å². The van der Waals surface area contributed by atoms with Gasteiger partial charge in [0.1, 0.15) is 6.42 Å². The molecule has 1 fully saturated rings. The van der Waals surface area contributed by atoms with Gasteiger partial charge in [-0.3, -0.25) is 19.1 Å². The van der Waals surface area contributed by atoms with Crippen LogP contribution in [0.3, 0.4) is 0 Å². The van der Waals surface area contributed by atoms with Crippen molar-refractivity contribution in [2.75, 3.05) is 20.3 Å². The number of nitrogens with zero attached hydrogens (tertiary/aromatic N) is 3. The van der Waals surface area contributed by atoms with E-state index in [-0.39, 0.29) is 11.6 Å². The molecule has 1 aliphatic rings. The number of aliphatic carboxylic acids is 2. The van der Waals surface area contributed by atoms with Crippen LogP contribution in [-0.4, -0.2) is 62.2 Å². The number of carboxylic acids is 2. The van der Waals surface area contributed by atoms with Crippen molar-refractivity contribution >= 4 is 33.7 Å². The second kappa shape index (κ2) is 10.2. The lowest BCUT2D eigenvalue weighted by atomic mass is 9.96. The standard InChI is InChI=1S/C22H22N4O3.C3H4O4/c1-12-9-23-22(28-3)13(2)19(12)14-4-5-16-18(8-14)25-21(27)17-10-24-26(20(16)17)15-6-7-29-11-15;4-2(5)1-3(6)7/h4-5,8-10,15H,6-7,11H2,1-3H3,(H,25,27);1H2,(H,4,5)(H,6,7). The molecule has 36 heavy (non-hydrogen) atoms. The predicted molar refractivity (Wildman–Crippen MR) is 131 cm³/mol. The summed E-state index contributed by atoms with van der Waals surface area (Å²) in [5.74, 6) is -2.02. The number of pyridine rings is 2. The molecule has 11 heteroatoms. The number of methoxy groups -OCH3 is 1. The topological polar surface area (TPSA) is 157 Å². The van der Waals surface area contributed by atoms with Crippen LogP contribution < -0.4 is 10.3 Å². The number of hydrogen-bond acceptors (Lipinski definition) is 7. The van der Waals surface area contributed by atoms with Crippen LogP contribution in [0.4, 0.5) is 0 Å². The van der Waals surface area contributed by atoms with Crippen LogP contribution in [0.1, 0.15) is 30.0 Å². The van der Waals surface area contributed by atoms with Crippen molar-refractivity contribution in [2.45, 2.75) is 32.7 Å². The van der Waals surface area contributed by atoms with Gasteiger partial charge >= 0.3 is 11.9 Å². The van der Waals surface area contributed by atoms with Gasteiger partial charge in [0.15, 0.2) is 0 Å². The first-order valence-corrected chi connectivity index (χ1v) is 11.3. The van der Waals surface area contributed by atoms with E-state index in [0.29, 0.717) is 17.9 Å². The van der Waals surface area contributed by atoms with Gasteiger partial charge < -0.3 is 24.7 Å². The number of nitrogens with one attached hydrogen (secondary N) is 1. The summed E-state index contributed by atoms with van der Waals surface area (Å²) < 4.78 is 12.9. The van der Waals surface area contributed by atoms with E-state index in [9.17, 15) is 14.4 Å². The maximum Gasteiger partial charge on any atom is 0.314 e. The van der Waals surface area contributed by atoms with E-state index in [4.69, 9.17) is 19.7 Å². The molecule has 11 nitrogen and oxygen atoms in total. The minimum atomic E-state index is -1.31. The molecule has 1 aliphatic heterocycles. The monoisotopic (exact) mass is 494 g/mol. The Hall–Kier alpha value is -4.25. The van der Waals surface area contributed by atoms with Gasteiger partial charge in [0.2, 0.25) is 5.88 Å². The van der Waals surface area contributed by atoms with Crippen LogP contribution in [0.25, 0.3) is 32.9 Å². The first-order chi connectivity index (χ1) is 17.2. The normalized spacial score (nSPS) is 15.0. The maximum atomic E-state index is 12.7. The molecule has 1 aromatic carbocycles. The Kier molecular flexibility index (Phi) is 7.02. The highest BCUT2D eigenvalue weighted by Gasteiger charge is 2.22. The van der Waals surface area contributed by atoms with Gasteiger partial charge in [-0.2, -0.15) is 5.10 Å². The van der Waals surface area contributed by atoms with E-state index in [1.54, 1.807) is 13.3 Å². The van der Waals surface area contributed by atoms with Gasteiger partial charge in [-0.05, 0) is 43.0 Å². The number of ether oxygens (including phenoxy) is 2. The minimum Gasteiger partial charge on any atom is -0.481 e. The van der Waals surface area contributed by atoms with E-state index >= 15 is 0 Å². The lowest BCUT2D eigenvalue weighted by molar-refractivity contribution is -0.147. The van der Waals surface area contributed by atoms with Gasteiger partial charge in [0.25, 0.3) is 5.56 Å². The first-order valence-electron chi connectivity index (χ1n) is 11.3. The van der Waals surface area contributed by atoms with Crippen LogP contribution in [0.15, 0.2) is 35.4 Å². The van der Waals surface area contributed by atoms with Crippen LogP contribution in [0.5, 0.6) is 5.88 Å². The van der Waals surface area contributed by atoms with Crippen molar-refractivity contribution in [3.05, 3.63) is 52.1 Å². The summed E-state index contributed by atoms with van der Waals surface area (Å²) in [6.45, 7) is 5.37. The highest BCUT2D eigenvalue weighted by atomic mass is 16.5. The van der Waals surface area contributed by atoms with Crippen LogP contribution in [0, 0.1) is 13.8 Å². The Morgan fingerprint density at radius 1 is 1.19 bits per heavy atom. The first kappa shape index (κ1) is 24.9. The summed E-state index contributed by atoms with van der Waals surface area (Å²) >= 11 is 0. The molecule has 3 aromatic heterocycles. The third-order valence-corrected chi connectivity index (χ3v) is 6.06. The molecule has 0 radical (unpaired) electrons. The number of rotatable bonds is 5. The molecule has 0 bridgehead atoms. The molecular formula is C25H26N4O7. The number of aromatic amines is 1. The minimum absolute atomic E-state index is 0.129. The molecule has 188 valence electrons. The summed E-state index contributed by atoms with van der Waals surface area (Å²) in [5.41, 5.74) is 5.64. The van der Waals surface area contributed by atoms with E-state index < -0.39 is 18.4 Å². The van der Waals surface area contributed by atoms with Crippen molar-refractivity contribution in [3.8, 4) is 17.0 Å². The Labute approximate surface area is 205 Å². The SMILES string of the molecule is COc1ncc(C)c(-c2ccc3c(c2)[nH]c(=O)c2cnn(C4CCOC4)c23)c1C.O=C(O)CC(=O)O. The van der Waals surface area contributed by atoms with Crippen molar-refractivity contribution in [1.29, 1.82) is 0 Å². The molecule has 1 atom stereocenters. The third-order valence-electron chi connectivity index (χ3n) is 6.06.